The van der Waals surface area contributed by atoms with E-state index in [4.69, 9.17) is 23.2 Å². The number of nitro benzene ring substituents is 1. The molecule has 0 fully saturated rings. The monoisotopic (exact) mass is 387 g/mol. The number of benzene rings is 1. The van der Waals surface area contributed by atoms with Crippen LogP contribution in [0.2, 0.25) is 8.67 Å². The minimum absolute atomic E-state index is 0.0172. The van der Waals surface area contributed by atoms with Gasteiger partial charge in [-0.15, -0.1) is 11.3 Å². The van der Waals surface area contributed by atoms with Crippen molar-refractivity contribution in [3.63, 3.8) is 0 Å². The van der Waals surface area contributed by atoms with Crippen molar-refractivity contribution in [1.82, 2.24) is 4.57 Å². The van der Waals surface area contributed by atoms with E-state index in [0.717, 1.165) is 16.0 Å². The van der Waals surface area contributed by atoms with Crippen LogP contribution in [0.5, 0.6) is 0 Å². The van der Waals surface area contributed by atoms with Crippen LogP contribution < -0.4 is 4.80 Å². The van der Waals surface area contributed by atoms with Gasteiger partial charge in [-0.1, -0.05) is 34.5 Å². The van der Waals surface area contributed by atoms with Gasteiger partial charge in [0.2, 0.25) is 0 Å². The van der Waals surface area contributed by atoms with E-state index in [1.165, 1.54) is 29.5 Å². The second kappa shape index (κ2) is 6.04. The number of fused-ring (bicyclic) bond motifs is 1. The standard InChI is InChI=1S/C13H7Cl2N3O3S2/c1-17-8-4-6(18(20)21)2-3-9(8)22-13(17)16-12(19)7-5-10(14)23-11(7)15/h2-5H,1H3. The number of hydrogen-bond donors (Lipinski definition) is 0. The first-order chi connectivity index (χ1) is 10.9. The van der Waals surface area contributed by atoms with E-state index < -0.39 is 10.8 Å². The average molecular weight is 388 g/mol. The van der Waals surface area contributed by atoms with Crippen molar-refractivity contribution in [3.8, 4) is 0 Å². The first-order valence-electron chi connectivity index (χ1n) is 6.14. The molecule has 10 heteroatoms. The lowest BCUT2D eigenvalue weighted by Crippen LogP contribution is -2.13. The van der Waals surface area contributed by atoms with E-state index in [0.29, 0.717) is 14.7 Å². The van der Waals surface area contributed by atoms with Crippen molar-refractivity contribution in [3.05, 3.63) is 53.4 Å². The number of halogens is 2. The van der Waals surface area contributed by atoms with Gasteiger partial charge in [-0.25, -0.2) is 0 Å². The van der Waals surface area contributed by atoms with Crippen molar-refractivity contribution in [2.75, 3.05) is 0 Å². The normalized spacial score (nSPS) is 12.0. The summed E-state index contributed by atoms with van der Waals surface area (Å²) >= 11 is 14.1. The number of aryl methyl sites for hydroxylation is 1. The maximum atomic E-state index is 12.2. The average Bonchev–Trinajstić information content (AvgIpc) is 2.99. The third kappa shape index (κ3) is 3.02. The first kappa shape index (κ1) is 16.1. The van der Waals surface area contributed by atoms with Gasteiger partial charge in [-0.3, -0.25) is 14.9 Å². The van der Waals surface area contributed by atoms with Crippen molar-refractivity contribution < 1.29 is 9.72 Å². The molecule has 0 saturated carbocycles. The number of thiazole rings is 1. The Hall–Kier alpha value is -1.74. The Morgan fingerprint density at radius 3 is 2.65 bits per heavy atom. The van der Waals surface area contributed by atoms with Crippen LogP contribution in [0.1, 0.15) is 10.4 Å². The minimum atomic E-state index is -0.505. The lowest BCUT2D eigenvalue weighted by molar-refractivity contribution is -0.384. The van der Waals surface area contributed by atoms with Gasteiger partial charge in [0.25, 0.3) is 11.6 Å². The largest absolute Gasteiger partial charge is 0.319 e. The third-order valence-corrected chi connectivity index (χ3v) is 5.69. The molecule has 1 aromatic carbocycles. The molecule has 0 aliphatic carbocycles. The molecule has 2 aromatic heterocycles. The van der Waals surface area contributed by atoms with Crippen LogP contribution in [-0.2, 0) is 7.05 Å². The maximum absolute atomic E-state index is 12.2. The van der Waals surface area contributed by atoms with E-state index in [9.17, 15) is 14.9 Å². The number of non-ortho nitro benzene ring substituents is 1. The molecule has 1 amide bonds. The first-order valence-corrected chi connectivity index (χ1v) is 8.53. The fourth-order valence-electron chi connectivity index (χ4n) is 1.97. The fraction of sp³-hybridized carbons (Fsp3) is 0.0769. The van der Waals surface area contributed by atoms with Crippen molar-refractivity contribution in [1.29, 1.82) is 0 Å². The van der Waals surface area contributed by atoms with Crippen LogP contribution in [-0.4, -0.2) is 15.4 Å². The van der Waals surface area contributed by atoms with Gasteiger partial charge in [0.05, 0.1) is 25.0 Å². The Morgan fingerprint density at radius 2 is 2.04 bits per heavy atom. The third-order valence-electron chi connectivity index (χ3n) is 3.09. The Bertz CT molecular complexity index is 1020. The molecule has 118 valence electrons. The van der Waals surface area contributed by atoms with Gasteiger partial charge >= 0.3 is 0 Å². The molecule has 0 N–H and O–H groups in total. The van der Waals surface area contributed by atoms with Crippen LogP contribution in [0.3, 0.4) is 0 Å². The summed E-state index contributed by atoms with van der Waals surface area (Å²) in [5.74, 6) is -0.505. The number of rotatable bonds is 2. The number of nitro groups is 1. The highest BCUT2D eigenvalue weighted by Crippen LogP contribution is 2.31. The minimum Gasteiger partial charge on any atom is -0.319 e. The van der Waals surface area contributed by atoms with Gasteiger partial charge in [0.1, 0.15) is 4.34 Å². The molecule has 0 radical (unpaired) electrons. The lowest BCUT2D eigenvalue weighted by atomic mass is 10.3. The highest BCUT2D eigenvalue weighted by molar-refractivity contribution is 7.20. The summed E-state index contributed by atoms with van der Waals surface area (Å²) in [6, 6.07) is 5.97. The topological polar surface area (TPSA) is 77.5 Å². The molecule has 0 saturated heterocycles. The predicted octanol–water partition coefficient (Wildman–Crippen LogP) is 4.26. The Labute approximate surface area is 147 Å². The number of thiophene rings is 1. The summed E-state index contributed by atoms with van der Waals surface area (Å²) < 4.78 is 3.11. The molecule has 0 aliphatic rings. The molecule has 3 aromatic rings. The molecule has 23 heavy (non-hydrogen) atoms. The van der Waals surface area contributed by atoms with Crippen LogP contribution in [0.25, 0.3) is 10.2 Å². The molecular weight excluding hydrogens is 381 g/mol. The predicted molar refractivity (Wildman–Crippen MR) is 91.7 cm³/mol. The summed E-state index contributed by atoms with van der Waals surface area (Å²) in [6.45, 7) is 0. The van der Waals surface area contributed by atoms with E-state index in [1.54, 1.807) is 17.7 Å². The smallest absolute Gasteiger partial charge is 0.282 e. The van der Waals surface area contributed by atoms with Gasteiger partial charge < -0.3 is 4.57 Å². The number of carbonyl (C=O) groups is 1. The molecule has 0 aliphatic heterocycles. The zero-order chi connectivity index (χ0) is 16.7. The Morgan fingerprint density at radius 1 is 1.30 bits per heavy atom. The van der Waals surface area contributed by atoms with Gasteiger partial charge in [0.15, 0.2) is 4.80 Å². The number of nitrogens with zero attached hydrogens (tertiary/aromatic N) is 3. The lowest BCUT2D eigenvalue weighted by Gasteiger charge is -1.95. The second-order valence-corrected chi connectivity index (χ2v) is 7.80. The van der Waals surface area contributed by atoms with Gasteiger partial charge in [-0.05, 0) is 12.1 Å². The zero-order valence-corrected chi connectivity index (χ0v) is 14.6. The summed E-state index contributed by atoms with van der Waals surface area (Å²) in [7, 11) is 1.69. The molecule has 6 nitrogen and oxygen atoms in total. The van der Waals surface area contributed by atoms with Crippen LogP contribution >= 0.6 is 45.9 Å². The zero-order valence-electron chi connectivity index (χ0n) is 11.4. The Kier molecular flexibility index (Phi) is 4.24. The summed E-state index contributed by atoms with van der Waals surface area (Å²) in [6.07, 6.45) is 0. The summed E-state index contributed by atoms with van der Waals surface area (Å²) in [4.78, 5) is 27.1. The van der Waals surface area contributed by atoms with Crippen LogP contribution in [0.4, 0.5) is 5.69 Å². The van der Waals surface area contributed by atoms with E-state index in [-0.39, 0.29) is 15.6 Å². The van der Waals surface area contributed by atoms with Crippen LogP contribution in [0.15, 0.2) is 29.3 Å². The van der Waals surface area contributed by atoms with Crippen LogP contribution in [0, 0.1) is 10.1 Å². The maximum Gasteiger partial charge on any atom is 0.282 e. The van der Waals surface area contributed by atoms with Crippen molar-refractivity contribution in [2.24, 2.45) is 12.0 Å². The van der Waals surface area contributed by atoms with Gasteiger partial charge in [-0.2, -0.15) is 4.99 Å². The molecule has 2 heterocycles. The molecule has 3 rings (SSSR count). The van der Waals surface area contributed by atoms with Crippen molar-refractivity contribution in [2.45, 2.75) is 0 Å². The number of carbonyl (C=O) groups excluding carboxylic acids is 1. The second-order valence-electron chi connectivity index (χ2n) is 4.51. The quantitative estimate of drug-likeness (QED) is 0.486. The molecule has 0 bridgehead atoms. The Balaban J connectivity index is 2.12. The van der Waals surface area contributed by atoms with E-state index in [1.807, 2.05) is 0 Å². The molecule has 0 spiro atoms. The highest BCUT2D eigenvalue weighted by Gasteiger charge is 2.15. The van der Waals surface area contributed by atoms with Crippen molar-refractivity contribution >= 4 is 67.7 Å². The van der Waals surface area contributed by atoms with Gasteiger partial charge in [0, 0.05) is 19.2 Å². The van der Waals surface area contributed by atoms with E-state index in [2.05, 4.69) is 4.99 Å². The highest BCUT2D eigenvalue weighted by atomic mass is 35.5. The fourth-order valence-corrected chi connectivity index (χ4v) is 4.41. The molecule has 0 atom stereocenters. The molecular formula is C13H7Cl2N3O3S2. The SMILES string of the molecule is Cn1c(=NC(=O)c2cc(Cl)sc2Cl)sc2ccc([N+](=O)[O-])cc21. The number of aromatic nitrogens is 1. The number of hydrogen-bond acceptors (Lipinski definition) is 5. The summed E-state index contributed by atoms with van der Waals surface area (Å²) in [5.41, 5.74) is 0.853. The van der Waals surface area contributed by atoms with E-state index >= 15 is 0 Å². The number of amides is 1. The molecule has 0 unspecified atom stereocenters. The summed E-state index contributed by atoms with van der Waals surface area (Å²) in [5, 5.41) is 10.9.